The Kier molecular flexibility index (Phi) is 11.3. The fourth-order valence-corrected chi connectivity index (χ4v) is 8.23. The lowest BCUT2D eigenvalue weighted by atomic mass is 9.63. The van der Waals surface area contributed by atoms with Gasteiger partial charge in [-0.05, 0) is 92.5 Å². The van der Waals surface area contributed by atoms with E-state index in [1.165, 1.54) is 77.3 Å². The molecule has 230 valence electrons. The fraction of sp³-hybridized carbons (Fsp3) is 0.697. The van der Waals surface area contributed by atoms with E-state index < -0.39 is 6.04 Å². The smallest absolute Gasteiger partial charge is 0.245 e. The van der Waals surface area contributed by atoms with Crippen molar-refractivity contribution in [2.45, 2.75) is 96.1 Å². The first-order chi connectivity index (χ1) is 20.6. The van der Waals surface area contributed by atoms with Gasteiger partial charge in [0.2, 0.25) is 12.3 Å². The van der Waals surface area contributed by atoms with Gasteiger partial charge in [-0.3, -0.25) is 14.3 Å². The van der Waals surface area contributed by atoms with Gasteiger partial charge in [0.05, 0.1) is 0 Å². The molecule has 2 aromatic rings. The van der Waals surface area contributed by atoms with Crippen LogP contribution < -0.4 is 10.6 Å². The summed E-state index contributed by atoms with van der Waals surface area (Å²) in [6.07, 6.45) is 20.3. The Bertz CT molecular complexity index is 1070. The Morgan fingerprint density at radius 1 is 1.02 bits per heavy atom. The molecule has 4 aliphatic rings. The second-order valence-corrected chi connectivity index (χ2v) is 13.5. The molecule has 8 nitrogen and oxygen atoms in total. The summed E-state index contributed by atoms with van der Waals surface area (Å²) >= 11 is 5.98. The predicted octanol–water partition coefficient (Wildman–Crippen LogP) is 5.26. The van der Waals surface area contributed by atoms with Crippen molar-refractivity contribution >= 4 is 23.9 Å². The summed E-state index contributed by atoms with van der Waals surface area (Å²) in [5.74, 6) is 2.79. The Balaban J connectivity index is 0.000000295. The summed E-state index contributed by atoms with van der Waals surface area (Å²) in [6.45, 7) is 4.87. The van der Waals surface area contributed by atoms with Crippen LogP contribution in [0.2, 0.25) is 5.02 Å². The Labute approximate surface area is 256 Å². The van der Waals surface area contributed by atoms with Crippen LogP contribution in [0.25, 0.3) is 0 Å². The molecule has 6 rings (SSSR count). The number of likely N-dealkylation sites (tertiary alicyclic amines) is 1. The van der Waals surface area contributed by atoms with Gasteiger partial charge >= 0.3 is 0 Å². The first-order valence-corrected chi connectivity index (χ1v) is 16.7. The van der Waals surface area contributed by atoms with E-state index >= 15 is 0 Å². The van der Waals surface area contributed by atoms with Crippen molar-refractivity contribution in [3.05, 3.63) is 47.5 Å². The molecule has 2 saturated heterocycles. The number of aromatic nitrogens is 3. The number of rotatable bonds is 8. The van der Waals surface area contributed by atoms with E-state index in [-0.39, 0.29) is 11.3 Å². The van der Waals surface area contributed by atoms with Crippen molar-refractivity contribution < 1.29 is 9.59 Å². The first kappa shape index (κ1) is 31.0. The molecule has 4 fully saturated rings. The first-order valence-electron chi connectivity index (χ1n) is 16.3. The summed E-state index contributed by atoms with van der Waals surface area (Å²) in [5.41, 5.74) is 1.12. The third kappa shape index (κ3) is 8.13. The van der Waals surface area contributed by atoms with Crippen LogP contribution >= 0.6 is 11.6 Å². The highest BCUT2D eigenvalue weighted by molar-refractivity contribution is 6.30. The molecule has 0 radical (unpaired) electrons. The number of benzene rings is 1. The molecule has 9 heteroatoms. The molecule has 0 spiro atoms. The summed E-state index contributed by atoms with van der Waals surface area (Å²) in [5, 5.41) is 11.3. The van der Waals surface area contributed by atoms with Gasteiger partial charge in [-0.25, -0.2) is 4.98 Å². The summed E-state index contributed by atoms with van der Waals surface area (Å²) < 4.78 is 1.96. The second kappa shape index (κ2) is 15.3. The van der Waals surface area contributed by atoms with Crippen LogP contribution in [0.4, 0.5) is 0 Å². The van der Waals surface area contributed by atoms with Gasteiger partial charge in [0, 0.05) is 31.1 Å². The van der Waals surface area contributed by atoms with Crippen LogP contribution in [0, 0.1) is 23.2 Å². The summed E-state index contributed by atoms with van der Waals surface area (Å²) in [4.78, 5) is 30.6. The van der Waals surface area contributed by atoms with Crippen LogP contribution in [-0.2, 0) is 22.6 Å². The molecule has 3 atom stereocenters. The van der Waals surface area contributed by atoms with E-state index in [1.54, 1.807) is 12.7 Å². The van der Waals surface area contributed by atoms with Crippen molar-refractivity contribution in [3.8, 4) is 0 Å². The van der Waals surface area contributed by atoms with Crippen LogP contribution in [0.3, 0.4) is 0 Å². The molecule has 2 saturated carbocycles. The average Bonchev–Trinajstić information content (AvgIpc) is 3.55. The average molecular weight is 597 g/mol. The SMILES string of the molecule is C1CCC2CNCCC2C1.O=CN[C@H](Cc1ccc(Cl)cc1)C(=O)N1CCC(Cn2cncn2)(C2CCCCC2)CC1. The van der Waals surface area contributed by atoms with Crippen LogP contribution in [0.1, 0.15) is 82.6 Å². The third-order valence-electron chi connectivity index (χ3n) is 10.6. The van der Waals surface area contributed by atoms with Gasteiger partial charge in [-0.15, -0.1) is 0 Å². The normalized spacial score (nSPS) is 24.9. The van der Waals surface area contributed by atoms with Crippen molar-refractivity contribution in [2.75, 3.05) is 26.2 Å². The van der Waals surface area contributed by atoms with Crippen LogP contribution in [0.15, 0.2) is 36.9 Å². The fourth-order valence-electron chi connectivity index (χ4n) is 8.10. The van der Waals surface area contributed by atoms with Gasteiger partial charge in [-0.1, -0.05) is 62.3 Å². The monoisotopic (exact) mass is 596 g/mol. The number of hydrogen-bond donors (Lipinski definition) is 2. The number of fused-ring (bicyclic) bond motifs is 1. The lowest BCUT2D eigenvalue weighted by Gasteiger charge is -2.48. The highest BCUT2D eigenvalue weighted by Gasteiger charge is 2.43. The lowest BCUT2D eigenvalue weighted by molar-refractivity contribution is -0.138. The molecule has 0 bridgehead atoms. The maximum Gasteiger partial charge on any atom is 0.245 e. The lowest BCUT2D eigenvalue weighted by Crippen LogP contribution is -2.53. The Hall–Kier alpha value is -2.45. The van der Waals surface area contributed by atoms with Crippen molar-refractivity contribution in [1.82, 2.24) is 30.3 Å². The summed E-state index contributed by atoms with van der Waals surface area (Å²) in [6, 6.07) is 6.85. The number of halogens is 1. The minimum Gasteiger partial charge on any atom is -0.347 e. The van der Waals surface area contributed by atoms with Crippen molar-refractivity contribution in [3.63, 3.8) is 0 Å². The molecule has 2 N–H and O–H groups in total. The number of carbonyl (C=O) groups is 2. The Morgan fingerprint density at radius 2 is 1.74 bits per heavy atom. The number of carbonyl (C=O) groups excluding carboxylic acids is 2. The van der Waals surface area contributed by atoms with Gasteiger partial charge in [0.25, 0.3) is 0 Å². The highest BCUT2D eigenvalue weighted by Crippen LogP contribution is 2.47. The zero-order valence-corrected chi connectivity index (χ0v) is 25.8. The van der Waals surface area contributed by atoms with Crippen molar-refractivity contribution in [1.29, 1.82) is 0 Å². The minimum absolute atomic E-state index is 0.00921. The number of piperidine rings is 2. The molecule has 2 amide bonds. The quantitative estimate of drug-likeness (QED) is 0.405. The molecule has 2 aliphatic carbocycles. The zero-order chi connectivity index (χ0) is 29.2. The van der Waals surface area contributed by atoms with Crippen LogP contribution in [-0.4, -0.2) is 64.2 Å². The molecule has 3 heterocycles. The van der Waals surface area contributed by atoms with E-state index in [0.29, 0.717) is 36.9 Å². The topological polar surface area (TPSA) is 92.2 Å². The molecule has 1 aromatic carbocycles. The molecular weight excluding hydrogens is 548 g/mol. The van der Waals surface area contributed by atoms with Gasteiger partial charge in [-0.2, -0.15) is 5.10 Å². The zero-order valence-electron chi connectivity index (χ0n) is 25.1. The molecular formula is C33H49ClN6O2. The standard InChI is InChI=1S/C24H32ClN5O2.C9H17N/c25-21-8-6-19(7-9-21)14-22(27-18-31)23(32)29-12-10-24(11-13-29,15-30-17-26-16-28-30)20-4-2-1-3-5-20;1-2-4-9-7-10-6-5-8(9)3-1/h6-9,16-18,20,22H,1-5,10-15H2,(H,27,31);8-10H,1-7H2/t22-;/m1./s1. The third-order valence-corrected chi connectivity index (χ3v) is 10.8. The maximum atomic E-state index is 13.3. The van der Waals surface area contributed by atoms with E-state index in [4.69, 9.17) is 11.6 Å². The number of nitrogens with one attached hydrogen (secondary N) is 2. The van der Waals surface area contributed by atoms with E-state index in [9.17, 15) is 9.59 Å². The maximum absolute atomic E-state index is 13.3. The molecule has 2 aliphatic heterocycles. The molecule has 42 heavy (non-hydrogen) atoms. The summed E-state index contributed by atoms with van der Waals surface area (Å²) in [7, 11) is 0. The van der Waals surface area contributed by atoms with Gasteiger partial charge < -0.3 is 15.5 Å². The predicted molar refractivity (Wildman–Crippen MR) is 166 cm³/mol. The number of nitrogens with zero attached hydrogens (tertiary/aromatic N) is 4. The largest absolute Gasteiger partial charge is 0.347 e. The van der Waals surface area contributed by atoms with Gasteiger partial charge in [0.1, 0.15) is 18.7 Å². The molecule has 2 unspecified atom stereocenters. The van der Waals surface area contributed by atoms with Crippen molar-refractivity contribution in [2.24, 2.45) is 23.2 Å². The van der Waals surface area contributed by atoms with Crippen LogP contribution in [0.5, 0.6) is 0 Å². The number of amides is 2. The second-order valence-electron chi connectivity index (χ2n) is 13.1. The van der Waals surface area contributed by atoms with E-state index in [0.717, 1.165) is 36.8 Å². The highest BCUT2D eigenvalue weighted by atomic mass is 35.5. The van der Waals surface area contributed by atoms with E-state index in [2.05, 4.69) is 20.7 Å². The van der Waals surface area contributed by atoms with Gasteiger partial charge in [0.15, 0.2) is 0 Å². The molecule has 1 aromatic heterocycles. The minimum atomic E-state index is -0.564. The number of hydrogen-bond acceptors (Lipinski definition) is 5. The Morgan fingerprint density at radius 3 is 2.40 bits per heavy atom. The van der Waals surface area contributed by atoms with E-state index in [1.807, 2.05) is 33.8 Å².